The fourth-order valence-electron chi connectivity index (χ4n) is 2.14. The van der Waals surface area contributed by atoms with Crippen molar-refractivity contribution in [3.8, 4) is 0 Å². The summed E-state index contributed by atoms with van der Waals surface area (Å²) in [4.78, 5) is 10.2. The number of hydrogen-bond acceptors (Lipinski definition) is 4. The number of morpholine rings is 1. The lowest BCUT2D eigenvalue weighted by Gasteiger charge is -2.40. The van der Waals surface area contributed by atoms with E-state index in [0.29, 0.717) is 32.8 Å². The van der Waals surface area contributed by atoms with E-state index in [9.17, 15) is 9.46 Å². The standard InChI is InChI=1S/C9H20N3O4P/c13-8-9-7-12(5-6-16-9)17(14,15)11-3-1-10-2-4-11/h9-10,13H,1-8H2,(H,14,15). The third-order valence-corrected chi connectivity index (χ3v) is 5.39. The van der Waals surface area contributed by atoms with Crippen LogP contribution in [0.15, 0.2) is 0 Å². The van der Waals surface area contributed by atoms with Crippen molar-refractivity contribution in [3.63, 3.8) is 0 Å². The second kappa shape index (κ2) is 5.75. The molecule has 0 saturated carbocycles. The minimum Gasteiger partial charge on any atom is -0.394 e. The van der Waals surface area contributed by atoms with Crippen LogP contribution in [0, 0.1) is 0 Å². The fourth-order valence-corrected chi connectivity index (χ4v) is 3.96. The van der Waals surface area contributed by atoms with Crippen LogP contribution in [-0.2, 0) is 9.30 Å². The summed E-state index contributed by atoms with van der Waals surface area (Å²) < 4.78 is 20.9. The number of hydrogen-bond donors (Lipinski definition) is 3. The Morgan fingerprint density at radius 2 is 2.00 bits per heavy atom. The first-order chi connectivity index (χ1) is 8.14. The molecule has 2 atom stereocenters. The number of aliphatic hydroxyl groups excluding tert-OH is 1. The van der Waals surface area contributed by atoms with Crippen LogP contribution >= 0.6 is 7.67 Å². The Labute approximate surface area is 101 Å². The maximum atomic E-state index is 12.4. The van der Waals surface area contributed by atoms with Gasteiger partial charge in [-0.15, -0.1) is 0 Å². The molecule has 2 fully saturated rings. The summed E-state index contributed by atoms with van der Waals surface area (Å²) in [6.45, 7) is 3.66. The predicted molar refractivity (Wildman–Crippen MR) is 62.7 cm³/mol. The largest absolute Gasteiger partial charge is 0.394 e. The van der Waals surface area contributed by atoms with Gasteiger partial charge < -0.3 is 20.1 Å². The number of piperazine rings is 1. The minimum absolute atomic E-state index is 0.113. The van der Waals surface area contributed by atoms with Gasteiger partial charge in [0.2, 0.25) is 0 Å². The first kappa shape index (κ1) is 13.4. The molecule has 100 valence electrons. The van der Waals surface area contributed by atoms with E-state index in [2.05, 4.69) is 5.32 Å². The molecule has 2 heterocycles. The molecule has 2 aliphatic heterocycles. The molecule has 0 aromatic heterocycles. The molecule has 2 aliphatic rings. The monoisotopic (exact) mass is 265 g/mol. The Kier molecular flexibility index (Phi) is 4.54. The average Bonchev–Trinajstić information content (AvgIpc) is 2.40. The molecule has 8 heteroatoms. The van der Waals surface area contributed by atoms with Crippen LogP contribution in [0.1, 0.15) is 0 Å². The van der Waals surface area contributed by atoms with Gasteiger partial charge in [0.15, 0.2) is 0 Å². The van der Waals surface area contributed by atoms with E-state index >= 15 is 0 Å². The maximum Gasteiger partial charge on any atom is 0.343 e. The maximum absolute atomic E-state index is 12.4. The number of nitrogens with one attached hydrogen (secondary N) is 1. The molecule has 3 N–H and O–H groups in total. The molecule has 0 radical (unpaired) electrons. The molecule has 7 nitrogen and oxygen atoms in total. The number of aliphatic hydroxyl groups is 1. The summed E-state index contributed by atoms with van der Waals surface area (Å²) in [5, 5.41) is 12.2. The van der Waals surface area contributed by atoms with E-state index in [1.54, 1.807) is 9.34 Å². The summed E-state index contributed by atoms with van der Waals surface area (Å²) in [7, 11) is -3.46. The van der Waals surface area contributed by atoms with E-state index in [0.717, 1.165) is 13.1 Å². The third kappa shape index (κ3) is 3.06. The molecular weight excluding hydrogens is 245 g/mol. The molecular formula is C9H20N3O4P. The lowest BCUT2D eigenvalue weighted by Crippen LogP contribution is -2.48. The zero-order chi connectivity index (χ0) is 12.3. The van der Waals surface area contributed by atoms with Crippen LogP contribution in [-0.4, -0.2) is 77.9 Å². The van der Waals surface area contributed by atoms with Crippen LogP contribution in [0.2, 0.25) is 0 Å². The first-order valence-electron chi connectivity index (χ1n) is 5.91. The molecule has 0 aromatic rings. The van der Waals surface area contributed by atoms with Crippen molar-refractivity contribution in [3.05, 3.63) is 0 Å². The van der Waals surface area contributed by atoms with Crippen LogP contribution in [0.4, 0.5) is 0 Å². The topological polar surface area (TPSA) is 85.3 Å². The molecule has 0 aliphatic carbocycles. The Morgan fingerprint density at radius 1 is 1.29 bits per heavy atom. The van der Waals surface area contributed by atoms with Gasteiger partial charge in [-0.05, 0) is 0 Å². The molecule has 0 spiro atoms. The van der Waals surface area contributed by atoms with Crippen LogP contribution in [0.3, 0.4) is 0 Å². The molecule has 2 rings (SSSR count). The predicted octanol–water partition coefficient (Wildman–Crippen LogP) is -1.31. The average molecular weight is 265 g/mol. The molecule has 0 bridgehead atoms. The summed E-state index contributed by atoms with van der Waals surface area (Å²) in [6.07, 6.45) is -0.354. The number of nitrogens with zero attached hydrogens (tertiary/aromatic N) is 2. The summed E-state index contributed by atoms with van der Waals surface area (Å²) in [6, 6.07) is 0. The van der Waals surface area contributed by atoms with E-state index in [-0.39, 0.29) is 12.7 Å². The van der Waals surface area contributed by atoms with Crippen molar-refractivity contribution in [2.24, 2.45) is 0 Å². The van der Waals surface area contributed by atoms with Crippen LogP contribution in [0.25, 0.3) is 0 Å². The first-order valence-corrected chi connectivity index (χ1v) is 7.48. The highest BCUT2D eigenvalue weighted by Crippen LogP contribution is 2.49. The van der Waals surface area contributed by atoms with E-state index in [1.807, 2.05) is 0 Å². The van der Waals surface area contributed by atoms with E-state index in [4.69, 9.17) is 9.84 Å². The van der Waals surface area contributed by atoms with Crippen molar-refractivity contribution in [2.75, 3.05) is 52.5 Å². The highest BCUT2D eigenvalue weighted by molar-refractivity contribution is 7.52. The Morgan fingerprint density at radius 3 is 2.65 bits per heavy atom. The number of ether oxygens (including phenoxy) is 1. The summed E-state index contributed by atoms with van der Waals surface area (Å²) >= 11 is 0. The quantitative estimate of drug-likeness (QED) is 0.546. The molecule has 2 unspecified atom stereocenters. The van der Waals surface area contributed by atoms with Gasteiger partial charge in [-0.25, -0.2) is 9.34 Å². The molecule has 0 aromatic carbocycles. The van der Waals surface area contributed by atoms with Gasteiger partial charge in [0, 0.05) is 39.3 Å². The van der Waals surface area contributed by atoms with Crippen molar-refractivity contribution in [1.82, 2.24) is 14.7 Å². The molecule has 17 heavy (non-hydrogen) atoms. The van der Waals surface area contributed by atoms with Crippen molar-refractivity contribution < 1.29 is 19.3 Å². The van der Waals surface area contributed by atoms with Crippen molar-refractivity contribution in [2.45, 2.75) is 6.10 Å². The van der Waals surface area contributed by atoms with Crippen molar-refractivity contribution in [1.29, 1.82) is 0 Å². The molecule has 2 saturated heterocycles. The van der Waals surface area contributed by atoms with Gasteiger partial charge in [-0.3, -0.25) is 4.57 Å². The molecule has 0 amide bonds. The lowest BCUT2D eigenvalue weighted by molar-refractivity contribution is -0.0355. The minimum atomic E-state index is -3.46. The van der Waals surface area contributed by atoms with Gasteiger partial charge in [0.1, 0.15) is 0 Å². The SMILES string of the molecule is O=P(O)(N1CCNCC1)N1CCOC(CO)C1. The van der Waals surface area contributed by atoms with E-state index in [1.165, 1.54) is 0 Å². The smallest absolute Gasteiger partial charge is 0.343 e. The van der Waals surface area contributed by atoms with Gasteiger partial charge in [0.05, 0.1) is 19.3 Å². The van der Waals surface area contributed by atoms with Crippen LogP contribution < -0.4 is 5.32 Å². The summed E-state index contributed by atoms with van der Waals surface area (Å²) in [5.41, 5.74) is 0. The van der Waals surface area contributed by atoms with Gasteiger partial charge in [-0.2, -0.15) is 0 Å². The number of rotatable bonds is 3. The van der Waals surface area contributed by atoms with Gasteiger partial charge in [0.25, 0.3) is 0 Å². The summed E-state index contributed by atoms with van der Waals surface area (Å²) in [5.74, 6) is 0. The van der Waals surface area contributed by atoms with Gasteiger partial charge in [-0.1, -0.05) is 0 Å². The fraction of sp³-hybridized carbons (Fsp3) is 1.00. The Bertz CT molecular complexity index is 298. The second-order valence-electron chi connectivity index (χ2n) is 4.30. The third-order valence-electron chi connectivity index (χ3n) is 3.15. The normalized spacial score (nSPS) is 32.2. The second-order valence-corrected chi connectivity index (χ2v) is 6.46. The zero-order valence-corrected chi connectivity index (χ0v) is 10.7. The Balaban J connectivity index is 2.00. The van der Waals surface area contributed by atoms with Crippen molar-refractivity contribution >= 4 is 7.67 Å². The van der Waals surface area contributed by atoms with E-state index < -0.39 is 7.67 Å². The highest BCUT2D eigenvalue weighted by atomic mass is 31.2. The zero-order valence-electron chi connectivity index (χ0n) is 9.79. The highest BCUT2D eigenvalue weighted by Gasteiger charge is 2.38. The lowest BCUT2D eigenvalue weighted by atomic mass is 10.3. The van der Waals surface area contributed by atoms with Gasteiger partial charge >= 0.3 is 7.67 Å². The Hall–Kier alpha value is -0.0100. The van der Waals surface area contributed by atoms with Crippen LogP contribution in [0.5, 0.6) is 0 Å².